The fourth-order valence-electron chi connectivity index (χ4n) is 2.23. The number of anilines is 1. The van der Waals surface area contributed by atoms with Gasteiger partial charge in [-0.05, 0) is 39.0 Å². The summed E-state index contributed by atoms with van der Waals surface area (Å²) >= 11 is 3.42. The van der Waals surface area contributed by atoms with E-state index in [1.807, 2.05) is 24.3 Å². The summed E-state index contributed by atoms with van der Waals surface area (Å²) in [5, 5.41) is 14.6. The highest BCUT2D eigenvalue weighted by Crippen LogP contribution is 2.21. The van der Waals surface area contributed by atoms with Gasteiger partial charge in [0.05, 0.1) is 11.4 Å². The zero-order valence-corrected chi connectivity index (χ0v) is 14.4. The topological polar surface area (TPSA) is 85.8 Å². The van der Waals surface area contributed by atoms with E-state index in [0.29, 0.717) is 22.8 Å². The molecule has 118 valence electrons. The van der Waals surface area contributed by atoms with Crippen molar-refractivity contribution >= 4 is 27.5 Å². The first kappa shape index (κ1) is 15.4. The first-order chi connectivity index (χ1) is 11.0. The second-order valence-corrected chi connectivity index (χ2v) is 5.98. The van der Waals surface area contributed by atoms with Crippen molar-refractivity contribution in [2.45, 2.75) is 20.8 Å². The molecule has 1 amide bonds. The van der Waals surface area contributed by atoms with Gasteiger partial charge in [0.25, 0.3) is 5.91 Å². The second-order valence-electron chi connectivity index (χ2n) is 5.07. The summed E-state index contributed by atoms with van der Waals surface area (Å²) in [4.78, 5) is 12.4. The molecule has 0 aliphatic carbocycles. The van der Waals surface area contributed by atoms with E-state index in [1.54, 1.807) is 25.5 Å². The number of carbonyl (C=O) groups excluding carboxylic acids is 1. The van der Waals surface area contributed by atoms with E-state index >= 15 is 0 Å². The highest BCUT2D eigenvalue weighted by molar-refractivity contribution is 9.10. The van der Waals surface area contributed by atoms with Crippen LogP contribution in [-0.4, -0.2) is 26.1 Å². The third-order valence-corrected chi connectivity index (χ3v) is 3.93. The fraction of sp³-hybridized carbons (Fsp3) is 0.200. The monoisotopic (exact) mass is 375 g/mol. The van der Waals surface area contributed by atoms with Gasteiger partial charge in [0.15, 0.2) is 11.5 Å². The van der Waals surface area contributed by atoms with E-state index in [1.165, 1.54) is 0 Å². The number of amides is 1. The van der Waals surface area contributed by atoms with Gasteiger partial charge in [0.1, 0.15) is 11.4 Å². The van der Waals surface area contributed by atoms with Gasteiger partial charge in [-0.1, -0.05) is 32.4 Å². The maximum Gasteiger partial charge on any atom is 0.278 e. The predicted octanol–water partition coefficient (Wildman–Crippen LogP) is 3.20. The Kier molecular flexibility index (Phi) is 3.99. The van der Waals surface area contributed by atoms with Gasteiger partial charge in [-0.3, -0.25) is 4.79 Å². The van der Waals surface area contributed by atoms with Crippen LogP contribution >= 0.6 is 15.9 Å². The molecule has 0 unspecified atom stereocenters. The Labute approximate surface area is 140 Å². The molecule has 3 rings (SSSR count). The summed E-state index contributed by atoms with van der Waals surface area (Å²) < 4.78 is 7.58. The van der Waals surface area contributed by atoms with Crippen molar-refractivity contribution in [3.8, 4) is 5.69 Å². The average Bonchev–Trinajstić information content (AvgIpc) is 3.04. The number of carbonyl (C=O) groups is 1. The maximum atomic E-state index is 12.4. The Morgan fingerprint density at radius 1 is 1.30 bits per heavy atom. The van der Waals surface area contributed by atoms with Crippen LogP contribution in [0, 0.1) is 20.8 Å². The minimum absolute atomic E-state index is 0.255. The molecule has 0 fully saturated rings. The van der Waals surface area contributed by atoms with Gasteiger partial charge in [0, 0.05) is 4.47 Å². The Balaban J connectivity index is 1.91. The number of hydrogen-bond acceptors (Lipinski definition) is 5. The summed E-state index contributed by atoms with van der Waals surface area (Å²) in [5.41, 5.74) is 2.90. The molecule has 2 heterocycles. The van der Waals surface area contributed by atoms with Crippen molar-refractivity contribution < 1.29 is 9.32 Å². The molecule has 0 bridgehead atoms. The lowest BCUT2D eigenvalue weighted by Gasteiger charge is -2.05. The number of benzene rings is 1. The van der Waals surface area contributed by atoms with E-state index in [9.17, 15) is 4.79 Å². The number of nitrogens with one attached hydrogen (secondary N) is 1. The molecule has 0 spiro atoms. The summed E-state index contributed by atoms with van der Waals surface area (Å²) in [6, 6.07) is 7.60. The zero-order valence-electron chi connectivity index (χ0n) is 12.8. The number of rotatable bonds is 3. The largest absolute Gasteiger partial charge is 0.359 e. The summed E-state index contributed by atoms with van der Waals surface area (Å²) in [6.45, 7) is 5.29. The van der Waals surface area contributed by atoms with Crippen LogP contribution in [0.5, 0.6) is 0 Å². The summed E-state index contributed by atoms with van der Waals surface area (Å²) in [7, 11) is 0. The standard InChI is InChI=1S/C15H14BrN5O2/c1-8-13(10(3)23-19-8)17-15(22)14-9(2)21(20-18-14)12-6-4-5-11(16)7-12/h4-7H,1-3H3,(H,17,22). The maximum absolute atomic E-state index is 12.4. The van der Waals surface area contributed by atoms with Gasteiger partial charge in [-0.15, -0.1) is 5.10 Å². The number of nitrogens with zero attached hydrogens (tertiary/aromatic N) is 4. The van der Waals surface area contributed by atoms with E-state index in [2.05, 4.69) is 36.7 Å². The molecule has 1 N–H and O–H groups in total. The first-order valence-corrected chi connectivity index (χ1v) is 7.69. The van der Waals surface area contributed by atoms with Crippen LogP contribution in [0.1, 0.15) is 27.6 Å². The van der Waals surface area contributed by atoms with Crippen LogP contribution in [0.4, 0.5) is 5.69 Å². The van der Waals surface area contributed by atoms with Gasteiger partial charge >= 0.3 is 0 Å². The van der Waals surface area contributed by atoms with Crippen molar-refractivity contribution in [2.75, 3.05) is 5.32 Å². The van der Waals surface area contributed by atoms with E-state index in [0.717, 1.165) is 10.2 Å². The molecule has 7 nitrogen and oxygen atoms in total. The molecule has 1 aromatic carbocycles. The number of aryl methyl sites for hydroxylation is 2. The number of hydrogen-bond donors (Lipinski definition) is 1. The Bertz CT molecular complexity index is 864. The van der Waals surface area contributed by atoms with Crippen LogP contribution in [0.2, 0.25) is 0 Å². The highest BCUT2D eigenvalue weighted by atomic mass is 79.9. The van der Waals surface area contributed by atoms with Crippen LogP contribution in [-0.2, 0) is 0 Å². The molecule has 0 aliphatic rings. The highest BCUT2D eigenvalue weighted by Gasteiger charge is 2.20. The molecule has 0 radical (unpaired) electrons. The third-order valence-electron chi connectivity index (χ3n) is 3.43. The van der Waals surface area contributed by atoms with Crippen molar-refractivity contribution in [2.24, 2.45) is 0 Å². The molecule has 0 aliphatic heterocycles. The molecular formula is C15H14BrN5O2. The minimum atomic E-state index is -0.349. The van der Waals surface area contributed by atoms with Crippen molar-refractivity contribution in [3.63, 3.8) is 0 Å². The van der Waals surface area contributed by atoms with Crippen LogP contribution < -0.4 is 5.32 Å². The van der Waals surface area contributed by atoms with E-state index in [-0.39, 0.29) is 11.6 Å². The molecule has 0 atom stereocenters. The minimum Gasteiger partial charge on any atom is -0.359 e. The number of halogens is 1. The van der Waals surface area contributed by atoms with Crippen molar-refractivity contribution in [1.82, 2.24) is 20.2 Å². The summed E-state index contributed by atoms with van der Waals surface area (Å²) in [5.74, 6) is 0.200. The molecule has 23 heavy (non-hydrogen) atoms. The molecule has 2 aromatic heterocycles. The quantitative estimate of drug-likeness (QED) is 0.759. The molecule has 3 aromatic rings. The molecule has 0 saturated carbocycles. The summed E-state index contributed by atoms with van der Waals surface area (Å²) in [6.07, 6.45) is 0. The van der Waals surface area contributed by atoms with Crippen molar-refractivity contribution in [1.29, 1.82) is 0 Å². The van der Waals surface area contributed by atoms with Crippen LogP contribution in [0.15, 0.2) is 33.3 Å². The average molecular weight is 376 g/mol. The Hall–Kier alpha value is -2.48. The molecule has 0 saturated heterocycles. The molecule has 8 heteroatoms. The van der Waals surface area contributed by atoms with Gasteiger partial charge in [-0.2, -0.15) is 0 Å². The third kappa shape index (κ3) is 2.89. The van der Waals surface area contributed by atoms with Crippen LogP contribution in [0.3, 0.4) is 0 Å². The van der Waals surface area contributed by atoms with Gasteiger partial charge < -0.3 is 9.84 Å². The number of aromatic nitrogens is 4. The fourth-order valence-corrected chi connectivity index (χ4v) is 2.61. The normalized spacial score (nSPS) is 10.8. The lowest BCUT2D eigenvalue weighted by atomic mass is 10.2. The van der Waals surface area contributed by atoms with E-state index < -0.39 is 0 Å². The Morgan fingerprint density at radius 2 is 2.09 bits per heavy atom. The lowest BCUT2D eigenvalue weighted by molar-refractivity contribution is 0.102. The van der Waals surface area contributed by atoms with Crippen molar-refractivity contribution in [3.05, 3.63) is 51.6 Å². The Morgan fingerprint density at radius 3 is 2.74 bits per heavy atom. The van der Waals surface area contributed by atoms with Crippen LogP contribution in [0.25, 0.3) is 5.69 Å². The van der Waals surface area contributed by atoms with Gasteiger partial charge in [0.2, 0.25) is 0 Å². The predicted molar refractivity (Wildman–Crippen MR) is 87.7 cm³/mol. The second kappa shape index (κ2) is 5.96. The van der Waals surface area contributed by atoms with Gasteiger partial charge in [-0.25, -0.2) is 4.68 Å². The first-order valence-electron chi connectivity index (χ1n) is 6.90. The zero-order chi connectivity index (χ0) is 16.6. The smallest absolute Gasteiger partial charge is 0.278 e. The lowest BCUT2D eigenvalue weighted by Crippen LogP contribution is -2.15. The SMILES string of the molecule is Cc1noc(C)c1NC(=O)c1nnn(-c2cccc(Br)c2)c1C. The molecular weight excluding hydrogens is 362 g/mol. The van der Waals surface area contributed by atoms with E-state index in [4.69, 9.17) is 4.52 Å².